The molecule has 4 nitrogen and oxygen atoms in total. The lowest BCUT2D eigenvalue weighted by molar-refractivity contribution is -0.681. The average molecular weight is 233 g/mol. The van der Waals surface area contributed by atoms with Gasteiger partial charge in [-0.15, -0.1) is 0 Å². The van der Waals surface area contributed by atoms with Gasteiger partial charge in [0.05, 0.1) is 21.2 Å². The van der Waals surface area contributed by atoms with Crippen molar-refractivity contribution in [1.82, 2.24) is 4.57 Å². The van der Waals surface area contributed by atoms with Crippen LogP contribution >= 0.6 is 0 Å². The van der Waals surface area contributed by atoms with Crippen molar-refractivity contribution in [3.05, 3.63) is 48.0 Å². The van der Waals surface area contributed by atoms with Crippen LogP contribution in [0.3, 0.4) is 0 Å². The molecule has 0 bridgehead atoms. The number of aliphatic hydroxyl groups excluding tert-OH is 1. The average Bonchev–Trinajstić information content (AvgIpc) is 2.68. The van der Waals surface area contributed by atoms with Gasteiger partial charge < -0.3 is 9.84 Å². The Bertz CT molecular complexity index is 483. The predicted molar refractivity (Wildman–Crippen MR) is 63.6 cm³/mol. The number of aromatic nitrogens is 2. The molecule has 0 aliphatic heterocycles. The highest BCUT2D eigenvalue weighted by Gasteiger charge is 2.23. The van der Waals surface area contributed by atoms with E-state index in [2.05, 4.69) is 0 Å². The SMILES string of the molecule is COc1ccc(C(O)c2n(C)cc[n+]2C)cc1. The van der Waals surface area contributed by atoms with E-state index in [0.717, 1.165) is 17.1 Å². The van der Waals surface area contributed by atoms with Gasteiger partial charge in [0.25, 0.3) is 5.82 Å². The van der Waals surface area contributed by atoms with E-state index in [9.17, 15) is 5.11 Å². The fourth-order valence-electron chi connectivity index (χ4n) is 1.92. The number of hydrogen-bond donors (Lipinski definition) is 1. The van der Waals surface area contributed by atoms with Crippen LogP contribution in [0.25, 0.3) is 0 Å². The Balaban J connectivity index is 2.33. The fraction of sp³-hybridized carbons (Fsp3) is 0.308. The first-order chi connectivity index (χ1) is 8.13. The molecule has 1 unspecified atom stereocenters. The molecular weight excluding hydrogens is 216 g/mol. The van der Waals surface area contributed by atoms with Gasteiger partial charge >= 0.3 is 0 Å². The summed E-state index contributed by atoms with van der Waals surface area (Å²) >= 11 is 0. The zero-order valence-corrected chi connectivity index (χ0v) is 10.3. The number of hydrogen-bond acceptors (Lipinski definition) is 2. The lowest BCUT2D eigenvalue weighted by Crippen LogP contribution is -2.34. The largest absolute Gasteiger partial charge is 0.497 e. The maximum Gasteiger partial charge on any atom is 0.290 e. The molecule has 0 aliphatic carbocycles. The Morgan fingerprint density at radius 3 is 2.41 bits per heavy atom. The third-order valence-electron chi connectivity index (χ3n) is 2.91. The van der Waals surface area contributed by atoms with Crippen LogP contribution in [-0.2, 0) is 14.1 Å². The van der Waals surface area contributed by atoms with Crippen molar-refractivity contribution in [2.45, 2.75) is 6.10 Å². The summed E-state index contributed by atoms with van der Waals surface area (Å²) in [5.41, 5.74) is 0.850. The monoisotopic (exact) mass is 233 g/mol. The summed E-state index contributed by atoms with van der Waals surface area (Å²) < 4.78 is 8.92. The topological polar surface area (TPSA) is 38.3 Å². The molecule has 1 heterocycles. The number of benzene rings is 1. The minimum absolute atomic E-state index is 0.633. The molecule has 2 aromatic rings. The maximum atomic E-state index is 10.3. The van der Waals surface area contributed by atoms with E-state index in [1.165, 1.54) is 0 Å². The van der Waals surface area contributed by atoms with E-state index in [4.69, 9.17) is 4.74 Å². The third-order valence-corrected chi connectivity index (χ3v) is 2.91. The minimum Gasteiger partial charge on any atom is -0.497 e. The van der Waals surface area contributed by atoms with Gasteiger partial charge in [0, 0.05) is 0 Å². The van der Waals surface area contributed by atoms with Gasteiger partial charge in [-0.25, -0.2) is 9.13 Å². The summed E-state index contributed by atoms with van der Waals surface area (Å²) in [6.07, 6.45) is 3.20. The molecule has 0 aliphatic rings. The van der Waals surface area contributed by atoms with Crippen LogP contribution in [0.2, 0.25) is 0 Å². The van der Waals surface area contributed by atoms with Gasteiger partial charge in [0.15, 0.2) is 6.10 Å². The first-order valence-electron chi connectivity index (χ1n) is 5.46. The lowest BCUT2D eigenvalue weighted by atomic mass is 10.1. The molecule has 17 heavy (non-hydrogen) atoms. The second-order valence-electron chi connectivity index (χ2n) is 4.05. The second kappa shape index (κ2) is 4.59. The van der Waals surface area contributed by atoms with E-state index >= 15 is 0 Å². The highest BCUT2D eigenvalue weighted by molar-refractivity contribution is 5.30. The van der Waals surface area contributed by atoms with Crippen molar-refractivity contribution < 1.29 is 14.4 Å². The van der Waals surface area contributed by atoms with Gasteiger partial charge in [-0.2, -0.15) is 0 Å². The molecule has 1 aromatic heterocycles. The molecule has 0 fully saturated rings. The van der Waals surface area contributed by atoms with Crippen LogP contribution in [0.15, 0.2) is 36.7 Å². The molecule has 1 aromatic carbocycles. The summed E-state index contributed by atoms with van der Waals surface area (Å²) in [4.78, 5) is 0. The summed E-state index contributed by atoms with van der Waals surface area (Å²) in [5.74, 6) is 1.63. The highest BCUT2D eigenvalue weighted by Crippen LogP contribution is 2.21. The van der Waals surface area contributed by atoms with E-state index in [-0.39, 0.29) is 0 Å². The van der Waals surface area contributed by atoms with Gasteiger partial charge in [0.1, 0.15) is 18.1 Å². The van der Waals surface area contributed by atoms with Crippen molar-refractivity contribution >= 4 is 0 Å². The van der Waals surface area contributed by atoms with Crippen LogP contribution in [0.4, 0.5) is 0 Å². The highest BCUT2D eigenvalue weighted by atomic mass is 16.5. The van der Waals surface area contributed by atoms with Crippen LogP contribution in [0.1, 0.15) is 17.5 Å². The molecule has 2 rings (SSSR count). The van der Waals surface area contributed by atoms with E-state index in [1.807, 2.05) is 59.9 Å². The quantitative estimate of drug-likeness (QED) is 0.801. The molecule has 1 N–H and O–H groups in total. The fourth-order valence-corrected chi connectivity index (χ4v) is 1.92. The number of aryl methyl sites for hydroxylation is 2. The number of methoxy groups -OCH3 is 1. The Morgan fingerprint density at radius 2 is 1.94 bits per heavy atom. The van der Waals surface area contributed by atoms with E-state index < -0.39 is 6.10 Å². The Labute approximate surface area is 101 Å². The number of nitrogens with zero attached hydrogens (tertiary/aromatic N) is 2. The van der Waals surface area contributed by atoms with Crippen molar-refractivity contribution in [3.63, 3.8) is 0 Å². The molecule has 0 spiro atoms. The van der Waals surface area contributed by atoms with Crippen molar-refractivity contribution in [2.24, 2.45) is 14.1 Å². The van der Waals surface area contributed by atoms with E-state index in [0.29, 0.717) is 0 Å². The van der Waals surface area contributed by atoms with Gasteiger partial charge in [-0.1, -0.05) is 12.1 Å². The number of imidazole rings is 1. The normalized spacial score (nSPS) is 12.5. The summed E-state index contributed by atoms with van der Waals surface area (Å²) in [5, 5.41) is 10.3. The summed E-state index contributed by atoms with van der Waals surface area (Å²) in [7, 11) is 5.47. The van der Waals surface area contributed by atoms with Crippen molar-refractivity contribution in [1.29, 1.82) is 0 Å². The number of ether oxygens (including phenoxy) is 1. The first-order valence-corrected chi connectivity index (χ1v) is 5.46. The van der Waals surface area contributed by atoms with E-state index in [1.54, 1.807) is 7.11 Å². The van der Waals surface area contributed by atoms with Gasteiger partial charge in [0.2, 0.25) is 0 Å². The summed E-state index contributed by atoms with van der Waals surface area (Å²) in [6, 6.07) is 7.44. The summed E-state index contributed by atoms with van der Waals surface area (Å²) in [6.45, 7) is 0. The zero-order chi connectivity index (χ0) is 12.4. The molecule has 4 heteroatoms. The molecule has 0 saturated heterocycles. The third kappa shape index (κ3) is 2.17. The predicted octanol–water partition coefficient (Wildman–Crippen LogP) is 0.940. The first kappa shape index (κ1) is 11.7. The molecule has 0 radical (unpaired) electrons. The minimum atomic E-state index is -0.633. The van der Waals surface area contributed by atoms with Crippen LogP contribution in [0, 0.1) is 0 Å². The van der Waals surface area contributed by atoms with Crippen LogP contribution < -0.4 is 9.30 Å². The number of aliphatic hydroxyl groups is 1. The maximum absolute atomic E-state index is 10.3. The standard InChI is InChI=1S/C13H17N2O2/c1-14-8-9-15(2)13(14)12(16)10-4-6-11(17-3)7-5-10/h4-9,12,16H,1-3H3/q+1. The molecule has 1 atom stereocenters. The number of rotatable bonds is 3. The molecular formula is C13H17N2O2+. The van der Waals surface area contributed by atoms with Crippen molar-refractivity contribution in [2.75, 3.05) is 7.11 Å². The van der Waals surface area contributed by atoms with Crippen molar-refractivity contribution in [3.8, 4) is 5.75 Å². The molecule has 0 saturated carbocycles. The van der Waals surface area contributed by atoms with Gasteiger partial charge in [-0.05, 0) is 17.7 Å². The second-order valence-corrected chi connectivity index (χ2v) is 4.05. The molecule has 0 amide bonds. The Morgan fingerprint density at radius 1 is 1.29 bits per heavy atom. The Hall–Kier alpha value is -1.81. The van der Waals surface area contributed by atoms with Gasteiger partial charge in [-0.3, -0.25) is 0 Å². The lowest BCUT2D eigenvalue weighted by Gasteiger charge is -2.09. The van der Waals surface area contributed by atoms with Crippen LogP contribution in [0.5, 0.6) is 5.75 Å². The van der Waals surface area contributed by atoms with Crippen LogP contribution in [-0.4, -0.2) is 16.8 Å². The molecule has 90 valence electrons. The zero-order valence-electron chi connectivity index (χ0n) is 10.3. The Kier molecular flexibility index (Phi) is 3.15. The smallest absolute Gasteiger partial charge is 0.290 e.